The molecule has 0 spiro atoms. The number of methoxy groups -OCH3 is 1. The number of hydrogen-bond donors (Lipinski definition) is 2. The minimum absolute atomic E-state index is 0.0352. The van der Waals surface area contributed by atoms with Crippen LogP contribution in [0.3, 0.4) is 0 Å². The van der Waals surface area contributed by atoms with E-state index in [0.717, 1.165) is 0 Å². The van der Waals surface area contributed by atoms with Crippen molar-refractivity contribution in [2.24, 2.45) is 0 Å². The van der Waals surface area contributed by atoms with Gasteiger partial charge < -0.3 is 15.2 Å². The first-order valence-electron chi connectivity index (χ1n) is 5.63. The number of rotatable bonds is 8. The quantitative estimate of drug-likeness (QED) is 0.660. The van der Waals surface area contributed by atoms with Gasteiger partial charge in [-0.05, 0) is 12.5 Å². The monoisotopic (exact) mass is 241 g/mol. The number of hydrogen-bond acceptors (Lipinski definition) is 4. The molecule has 1 amide bonds. The number of aliphatic hydroxyl groups is 1. The summed E-state index contributed by atoms with van der Waals surface area (Å²) in [5, 5.41) is 15.7. The molecule has 1 aromatic heterocycles. The molecule has 0 radical (unpaired) electrons. The largest absolute Gasteiger partial charge is 0.396 e. The topological polar surface area (TPSA) is 76.4 Å². The molecular weight excluding hydrogens is 222 g/mol. The van der Waals surface area contributed by atoms with Gasteiger partial charge in [0.05, 0.1) is 12.6 Å². The highest BCUT2D eigenvalue weighted by Crippen LogP contribution is 1.95. The van der Waals surface area contributed by atoms with E-state index in [1.165, 1.54) is 0 Å². The third-order valence-corrected chi connectivity index (χ3v) is 2.34. The molecule has 6 heteroatoms. The van der Waals surface area contributed by atoms with E-state index in [4.69, 9.17) is 9.84 Å². The van der Waals surface area contributed by atoms with Crippen LogP contribution in [0.4, 0.5) is 0 Å². The average molecular weight is 241 g/mol. The van der Waals surface area contributed by atoms with Crippen LogP contribution in [0, 0.1) is 0 Å². The number of amides is 1. The van der Waals surface area contributed by atoms with Gasteiger partial charge in [-0.1, -0.05) is 0 Å². The number of ether oxygens (including phenoxy) is 1. The minimum Gasteiger partial charge on any atom is -0.396 e. The Labute approximate surface area is 101 Å². The van der Waals surface area contributed by atoms with Crippen molar-refractivity contribution in [2.45, 2.75) is 25.4 Å². The van der Waals surface area contributed by atoms with Crippen molar-refractivity contribution in [2.75, 3.05) is 20.3 Å². The summed E-state index contributed by atoms with van der Waals surface area (Å²) < 4.78 is 6.67. The highest BCUT2D eigenvalue weighted by atomic mass is 16.5. The average Bonchev–Trinajstić information content (AvgIpc) is 2.80. The van der Waals surface area contributed by atoms with Crippen molar-refractivity contribution in [3.8, 4) is 0 Å². The predicted octanol–water partition coefficient (Wildman–Crippen LogP) is -0.213. The van der Waals surface area contributed by atoms with Crippen LogP contribution in [-0.2, 0) is 16.1 Å². The number of nitrogens with one attached hydrogen (secondary N) is 1. The van der Waals surface area contributed by atoms with E-state index in [1.54, 1.807) is 18.0 Å². The van der Waals surface area contributed by atoms with Crippen LogP contribution in [0.15, 0.2) is 18.5 Å². The molecule has 0 bridgehead atoms. The molecule has 0 aliphatic heterocycles. The van der Waals surface area contributed by atoms with Crippen LogP contribution >= 0.6 is 0 Å². The maximum Gasteiger partial charge on any atom is 0.222 e. The van der Waals surface area contributed by atoms with Crippen molar-refractivity contribution >= 4 is 5.91 Å². The van der Waals surface area contributed by atoms with Crippen molar-refractivity contribution in [1.82, 2.24) is 15.1 Å². The van der Waals surface area contributed by atoms with Gasteiger partial charge in [0.25, 0.3) is 0 Å². The SMILES string of the molecule is COCC(CCO)NC(=O)CCn1cccn1. The minimum atomic E-state index is -0.130. The Bertz CT molecular complexity index is 308. The van der Waals surface area contributed by atoms with Gasteiger partial charge >= 0.3 is 0 Å². The second-order valence-corrected chi connectivity index (χ2v) is 3.75. The smallest absolute Gasteiger partial charge is 0.222 e. The van der Waals surface area contributed by atoms with Gasteiger partial charge in [0, 0.05) is 39.1 Å². The van der Waals surface area contributed by atoms with Crippen LogP contribution in [0.1, 0.15) is 12.8 Å². The first-order chi connectivity index (χ1) is 8.26. The molecule has 2 N–H and O–H groups in total. The summed E-state index contributed by atoms with van der Waals surface area (Å²) in [7, 11) is 1.57. The Hall–Kier alpha value is -1.40. The van der Waals surface area contributed by atoms with E-state index in [1.807, 2.05) is 12.3 Å². The highest BCUT2D eigenvalue weighted by molar-refractivity contribution is 5.76. The van der Waals surface area contributed by atoms with Gasteiger partial charge in [0.15, 0.2) is 0 Å². The van der Waals surface area contributed by atoms with E-state index in [-0.39, 0.29) is 18.6 Å². The van der Waals surface area contributed by atoms with Gasteiger partial charge in [-0.2, -0.15) is 5.10 Å². The fraction of sp³-hybridized carbons (Fsp3) is 0.636. The molecule has 6 nitrogen and oxygen atoms in total. The lowest BCUT2D eigenvalue weighted by Crippen LogP contribution is -2.39. The van der Waals surface area contributed by atoms with Crippen LogP contribution in [0.5, 0.6) is 0 Å². The number of nitrogens with zero attached hydrogens (tertiary/aromatic N) is 2. The van der Waals surface area contributed by atoms with Gasteiger partial charge in [-0.25, -0.2) is 0 Å². The Kier molecular flexibility index (Phi) is 6.27. The molecule has 1 aromatic rings. The van der Waals surface area contributed by atoms with E-state index in [2.05, 4.69) is 10.4 Å². The molecule has 17 heavy (non-hydrogen) atoms. The number of carbonyl (C=O) groups is 1. The molecule has 1 unspecified atom stereocenters. The van der Waals surface area contributed by atoms with Crippen molar-refractivity contribution < 1.29 is 14.6 Å². The lowest BCUT2D eigenvalue weighted by molar-refractivity contribution is -0.122. The Morgan fingerprint density at radius 3 is 3.06 bits per heavy atom. The van der Waals surface area contributed by atoms with Crippen LogP contribution in [0.2, 0.25) is 0 Å². The molecule has 0 saturated heterocycles. The maximum atomic E-state index is 11.6. The van der Waals surface area contributed by atoms with E-state index in [0.29, 0.717) is 26.0 Å². The van der Waals surface area contributed by atoms with Crippen LogP contribution in [0.25, 0.3) is 0 Å². The second kappa shape index (κ2) is 7.81. The molecule has 0 aliphatic carbocycles. The Balaban J connectivity index is 2.26. The lowest BCUT2D eigenvalue weighted by Gasteiger charge is -2.16. The molecular formula is C11H19N3O3. The summed E-state index contributed by atoms with van der Waals surface area (Å²) in [4.78, 5) is 11.6. The molecule has 96 valence electrons. The van der Waals surface area contributed by atoms with Crippen molar-refractivity contribution in [3.63, 3.8) is 0 Å². The summed E-state index contributed by atoms with van der Waals surface area (Å²) in [6.07, 6.45) is 4.36. The predicted molar refractivity (Wildman–Crippen MR) is 62.4 cm³/mol. The summed E-state index contributed by atoms with van der Waals surface area (Å²) in [5.74, 6) is -0.0593. The first kappa shape index (κ1) is 13.7. The van der Waals surface area contributed by atoms with Gasteiger partial charge in [0.2, 0.25) is 5.91 Å². The van der Waals surface area contributed by atoms with Gasteiger partial charge in [-0.3, -0.25) is 9.48 Å². The lowest BCUT2D eigenvalue weighted by atomic mass is 10.2. The fourth-order valence-electron chi connectivity index (χ4n) is 1.50. The molecule has 0 aliphatic rings. The summed E-state index contributed by atoms with van der Waals surface area (Å²) in [6, 6.07) is 1.69. The zero-order valence-corrected chi connectivity index (χ0v) is 10.0. The third-order valence-electron chi connectivity index (χ3n) is 2.34. The molecule has 1 atom stereocenters. The third kappa shape index (κ3) is 5.46. The zero-order valence-electron chi connectivity index (χ0n) is 10.0. The van der Waals surface area contributed by atoms with E-state index in [9.17, 15) is 4.79 Å². The molecule has 1 rings (SSSR count). The van der Waals surface area contributed by atoms with Crippen LogP contribution < -0.4 is 5.32 Å². The van der Waals surface area contributed by atoms with Gasteiger partial charge in [-0.15, -0.1) is 0 Å². The Morgan fingerprint density at radius 1 is 1.65 bits per heavy atom. The number of aryl methyl sites for hydroxylation is 1. The van der Waals surface area contributed by atoms with Gasteiger partial charge in [0.1, 0.15) is 0 Å². The number of carbonyl (C=O) groups excluding carboxylic acids is 1. The summed E-state index contributed by atoms with van der Waals surface area (Å²) in [6.45, 7) is 0.999. The second-order valence-electron chi connectivity index (χ2n) is 3.75. The van der Waals surface area contributed by atoms with E-state index < -0.39 is 0 Å². The molecule has 0 saturated carbocycles. The normalized spacial score (nSPS) is 12.4. The Morgan fingerprint density at radius 2 is 2.47 bits per heavy atom. The summed E-state index contributed by atoms with van der Waals surface area (Å²) in [5.41, 5.74) is 0. The fourth-order valence-corrected chi connectivity index (χ4v) is 1.50. The van der Waals surface area contributed by atoms with Crippen LogP contribution in [-0.4, -0.2) is 47.2 Å². The summed E-state index contributed by atoms with van der Waals surface area (Å²) >= 11 is 0. The zero-order chi connectivity index (χ0) is 12.5. The number of aromatic nitrogens is 2. The van der Waals surface area contributed by atoms with Crippen molar-refractivity contribution in [3.05, 3.63) is 18.5 Å². The standard InChI is InChI=1S/C11H19N3O3/c1-17-9-10(4-8-15)13-11(16)3-7-14-6-2-5-12-14/h2,5-6,10,15H,3-4,7-9H2,1H3,(H,13,16). The highest BCUT2D eigenvalue weighted by Gasteiger charge is 2.11. The molecule has 0 aromatic carbocycles. The molecule has 0 fully saturated rings. The number of aliphatic hydroxyl groups excluding tert-OH is 1. The maximum absolute atomic E-state index is 11.6. The first-order valence-corrected chi connectivity index (χ1v) is 5.63. The van der Waals surface area contributed by atoms with Crippen molar-refractivity contribution in [1.29, 1.82) is 0 Å². The van der Waals surface area contributed by atoms with E-state index >= 15 is 0 Å². The molecule has 1 heterocycles.